The molecule has 1 aromatic carbocycles. The van der Waals surface area contributed by atoms with Crippen molar-refractivity contribution in [2.75, 3.05) is 0 Å². The summed E-state index contributed by atoms with van der Waals surface area (Å²) in [6.45, 7) is 0. The Morgan fingerprint density at radius 2 is 2.00 bits per heavy atom. The molecule has 0 spiro atoms. The van der Waals surface area contributed by atoms with Crippen LogP contribution in [0.25, 0.3) is 0 Å². The van der Waals surface area contributed by atoms with Gasteiger partial charge in [-0.2, -0.15) is 0 Å². The van der Waals surface area contributed by atoms with Crippen LogP contribution < -0.4 is 0 Å². The standard InChI is InChI=1S/C7H5FO2/c8-6-3-1-5(2-4-6)7(9)10/h1-4H,(H,9,10)/i1D,2D,3D,4D. The molecular formula is C7H5FO2. The highest BCUT2D eigenvalue weighted by Gasteiger charge is 1.99. The molecule has 0 saturated carbocycles. The molecule has 0 aliphatic carbocycles. The lowest BCUT2D eigenvalue weighted by molar-refractivity contribution is 0.0697. The Kier molecular flexibility index (Phi) is 0.777. The largest absolute Gasteiger partial charge is 0.478 e. The van der Waals surface area contributed by atoms with E-state index in [1.807, 2.05) is 0 Å². The molecule has 10 heavy (non-hydrogen) atoms. The number of rotatable bonds is 1. The van der Waals surface area contributed by atoms with Gasteiger partial charge in [-0.15, -0.1) is 0 Å². The Labute approximate surface area is 62.5 Å². The van der Waals surface area contributed by atoms with Gasteiger partial charge in [0.25, 0.3) is 0 Å². The number of carboxylic acid groups (broad SMARTS) is 1. The summed E-state index contributed by atoms with van der Waals surface area (Å²) >= 11 is 0. The second kappa shape index (κ2) is 2.47. The van der Waals surface area contributed by atoms with E-state index >= 15 is 0 Å². The van der Waals surface area contributed by atoms with Crippen LogP contribution in [0.3, 0.4) is 0 Å². The molecule has 0 aliphatic rings. The zero-order chi connectivity index (χ0) is 11.0. The molecule has 3 heteroatoms. The fourth-order valence-corrected chi connectivity index (χ4v) is 0.404. The van der Waals surface area contributed by atoms with E-state index in [0.717, 1.165) is 0 Å². The summed E-state index contributed by atoms with van der Waals surface area (Å²) in [5, 5.41) is 8.56. The predicted molar refractivity (Wildman–Crippen MR) is 33.4 cm³/mol. The van der Waals surface area contributed by atoms with Crippen LogP contribution in [0.1, 0.15) is 15.8 Å². The molecular weight excluding hydrogens is 135 g/mol. The number of carboxylic acids is 1. The Balaban J connectivity index is 3.68. The van der Waals surface area contributed by atoms with E-state index < -0.39 is 41.5 Å². The van der Waals surface area contributed by atoms with Crippen LogP contribution in [0.5, 0.6) is 0 Å². The lowest BCUT2D eigenvalue weighted by Gasteiger charge is -1.90. The van der Waals surface area contributed by atoms with Crippen molar-refractivity contribution in [3.05, 3.63) is 35.6 Å². The van der Waals surface area contributed by atoms with Crippen molar-refractivity contribution in [3.63, 3.8) is 0 Å². The Morgan fingerprint density at radius 1 is 1.50 bits per heavy atom. The summed E-state index contributed by atoms with van der Waals surface area (Å²) in [5.41, 5.74) is -0.818. The van der Waals surface area contributed by atoms with E-state index in [1.54, 1.807) is 0 Å². The van der Waals surface area contributed by atoms with Gasteiger partial charge in [0.05, 0.1) is 11.0 Å². The third kappa shape index (κ3) is 1.31. The highest BCUT2D eigenvalue weighted by Crippen LogP contribution is 2.01. The number of hydrogen-bond donors (Lipinski definition) is 1. The number of aromatic carboxylic acids is 1. The van der Waals surface area contributed by atoms with Gasteiger partial charge >= 0.3 is 5.97 Å². The first-order valence-corrected chi connectivity index (χ1v) is 2.37. The number of hydrogen-bond acceptors (Lipinski definition) is 1. The van der Waals surface area contributed by atoms with E-state index in [9.17, 15) is 9.18 Å². The maximum Gasteiger partial charge on any atom is 0.335 e. The number of carbonyl (C=O) groups is 1. The zero-order valence-corrected chi connectivity index (χ0v) is 4.73. The molecule has 0 fully saturated rings. The van der Waals surface area contributed by atoms with Gasteiger partial charge in [-0.25, -0.2) is 9.18 Å². The van der Waals surface area contributed by atoms with E-state index in [4.69, 9.17) is 10.6 Å². The van der Waals surface area contributed by atoms with Crippen LogP contribution in [0.2, 0.25) is 0 Å². The van der Waals surface area contributed by atoms with E-state index in [0.29, 0.717) is 0 Å². The average Bonchev–Trinajstić information content (AvgIpc) is 2.11. The third-order valence-electron chi connectivity index (χ3n) is 0.808. The molecule has 0 saturated heterocycles. The summed E-state index contributed by atoms with van der Waals surface area (Å²) in [6, 6.07) is -3.70. The summed E-state index contributed by atoms with van der Waals surface area (Å²) in [6.07, 6.45) is 0. The van der Waals surface area contributed by atoms with Gasteiger partial charge in [0, 0.05) is 0 Å². The van der Waals surface area contributed by atoms with Crippen LogP contribution in [0, 0.1) is 5.82 Å². The first kappa shape index (κ1) is 3.14. The molecule has 0 radical (unpaired) electrons. The highest BCUT2D eigenvalue weighted by atomic mass is 19.1. The fourth-order valence-electron chi connectivity index (χ4n) is 0.404. The first-order valence-electron chi connectivity index (χ1n) is 4.37. The van der Waals surface area contributed by atoms with E-state index in [2.05, 4.69) is 0 Å². The summed E-state index contributed by atoms with van der Waals surface area (Å²) in [5.74, 6) is -2.95. The Bertz CT molecular complexity index is 390. The molecule has 0 aromatic heterocycles. The molecule has 0 aliphatic heterocycles. The molecule has 0 bridgehead atoms. The van der Waals surface area contributed by atoms with Crippen molar-refractivity contribution in [2.45, 2.75) is 0 Å². The Morgan fingerprint density at radius 3 is 2.40 bits per heavy atom. The molecule has 1 N–H and O–H groups in total. The van der Waals surface area contributed by atoms with Gasteiger partial charge in [-0.1, -0.05) is 0 Å². The third-order valence-corrected chi connectivity index (χ3v) is 0.808. The second-order valence-corrected chi connectivity index (χ2v) is 1.49. The monoisotopic (exact) mass is 144 g/mol. The molecule has 2 nitrogen and oxygen atoms in total. The smallest absolute Gasteiger partial charge is 0.335 e. The molecule has 0 heterocycles. The molecule has 0 atom stereocenters. The summed E-state index contributed by atoms with van der Waals surface area (Å²) in [7, 11) is 0. The maximum atomic E-state index is 12.9. The van der Waals surface area contributed by atoms with Crippen molar-refractivity contribution in [1.82, 2.24) is 0 Å². The fraction of sp³-hybridized carbons (Fsp3) is 0. The van der Waals surface area contributed by atoms with Gasteiger partial charge in [-0.05, 0) is 24.2 Å². The summed E-state index contributed by atoms with van der Waals surface area (Å²) in [4.78, 5) is 10.5. The number of halogens is 1. The predicted octanol–water partition coefficient (Wildman–Crippen LogP) is 1.52. The van der Waals surface area contributed by atoms with Crippen LogP contribution >= 0.6 is 0 Å². The van der Waals surface area contributed by atoms with Crippen molar-refractivity contribution < 1.29 is 19.8 Å². The molecule has 1 rings (SSSR count). The topological polar surface area (TPSA) is 37.3 Å². The molecule has 0 amide bonds. The van der Waals surface area contributed by atoms with Crippen molar-refractivity contribution in [2.24, 2.45) is 0 Å². The highest BCUT2D eigenvalue weighted by molar-refractivity contribution is 5.87. The van der Waals surface area contributed by atoms with Crippen LogP contribution in [0.15, 0.2) is 24.2 Å². The molecule has 52 valence electrons. The van der Waals surface area contributed by atoms with Crippen molar-refractivity contribution >= 4 is 5.97 Å². The van der Waals surface area contributed by atoms with Crippen molar-refractivity contribution in [3.8, 4) is 0 Å². The molecule has 0 unspecified atom stereocenters. The Hall–Kier alpha value is -1.38. The van der Waals surface area contributed by atoms with Gasteiger partial charge in [-0.3, -0.25) is 0 Å². The average molecular weight is 144 g/mol. The lowest BCUT2D eigenvalue weighted by Crippen LogP contribution is -1.94. The van der Waals surface area contributed by atoms with Crippen LogP contribution in [0.4, 0.5) is 4.39 Å². The first-order chi connectivity index (χ1) is 6.37. The van der Waals surface area contributed by atoms with Gasteiger partial charge < -0.3 is 5.11 Å². The normalized spacial score (nSPS) is 14.9. The zero-order valence-electron chi connectivity index (χ0n) is 8.73. The quantitative estimate of drug-likeness (QED) is 0.648. The lowest BCUT2D eigenvalue weighted by atomic mass is 10.2. The summed E-state index contributed by atoms with van der Waals surface area (Å²) < 4.78 is 41.0. The van der Waals surface area contributed by atoms with Crippen LogP contribution in [-0.4, -0.2) is 11.1 Å². The van der Waals surface area contributed by atoms with Gasteiger partial charge in [0.15, 0.2) is 0 Å². The minimum Gasteiger partial charge on any atom is -0.478 e. The number of benzene rings is 1. The minimum absolute atomic E-state index is 0.818. The van der Waals surface area contributed by atoms with Crippen LogP contribution in [-0.2, 0) is 0 Å². The van der Waals surface area contributed by atoms with Gasteiger partial charge in [0.1, 0.15) is 5.82 Å². The molecule has 1 aromatic rings. The van der Waals surface area contributed by atoms with Gasteiger partial charge in [0.2, 0.25) is 0 Å². The van der Waals surface area contributed by atoms with E-state index in [1.165, 1.54) is 0 Å². The van der Waals surface area contributed by atoms with Crippen molar-refractivity contribution in [1.29, 1.82) is 0 Å². The SMILES string of the molecule is [2H]c1c([2H])c(C(=O)O)c([2H])c([2H])c1F. The maximum absolute atomic E-state index is 12.9. The minimum atomic E-state index is -1.61. The van der Waals surface area contributed by atoms with E-state index in [-0.39, 0.29) is 0 Å². The second-order valence-electron chi connectivity index (χ2n) is 1.49.